The van der Waals surface area contributed by atoms with Crippen LogP contribution in [0.1, 0.15) is 22.7 Å². The Bertz CT molecular complexity index is 913. The topological polar surface area (TPSA) is 70.2 Å². The summed E-state index contributed by atoms with van der Waals surface area (Å²) < 4.78 is 11.7. The number of hydrogen-bond acceptors (Lipinski definition) is 5. The van der Waals surface area contributed by atoms with Crippen LogP contribution in [0.4, 0.5) is 0 Å². The Hall–Kier alpha value is -2.86. The Labute approximate surface area is 149 Å². The molecular formula is C18H16ClN3O3. The van der Waals surface area contributed by atoms with E-state index in [-0.39, 0.29) is 6.61 Å². The molecular weight excluding hydrogens is 342 g/mol. The maximum Gasteiger partial charge on any atom is 0.331 e. The fourth-order valence-electron chi connectivity index (χ4n) is 2.27. The van der Waals surface area contributed by atoms with Crippen molar-refractivity contribution < 1.29 is 14.1 Å². The lowest BCUT2D eigenvalue weighted by Crippen LogP contribution is -2.00. The number of para-hydroxylation sites is 1. The summed E-state index contributed by atoms with van der Waals surface area (Å²) in [6, 6.07) is 11.2. The molecule has 0 unspecified atom stereocenters. The molecule has 6 nitrogen and oxygen atoms in total. The Balaban J connectivity index is 1.71. The van der Waals surface area contributed by atoms with Crippen molar-refractivity contribution in [1.82, 2.24) is 14.9 Å². The number of ether oxygens (including phenoxy) is 1. The standard InChI is InChI=1S/C18H16ClN3O3/c1-12-10-14(21-25-12)11-24-17(23)9-8-16-13(2)20-22(18(16)19)15-6-4-3-5-7-15/h3-10H,11H2,1-2H3/b9-8+. The molecule has 0 radical (unpaired) electrons. The average Bonchev–Trinajstić information content (AvgIpc) is 3.15. The summed E-state index contributed by atoms with van der Waals surface area (Å²) in [6.45, 7) is 3.65. The number of benzene rings is 1. The van der Waals surface area contributed by atoms with Gasteiger partial charge in [-0.1, -0.05) is 35.0 Å². The Kier molecular flexibility index (Phi) is 5.00. The molecule has 0 saturated carbocycles. The molecule has 0 amide bonds. The minimum Gasteiger partial charge on any atom is -0.456 e. The molecule has 7 heteroatoms. The Morgan fingerprint density at radius 3 is 2.76 bits per heavy atom. The molecule has 0 N–H and O–H groups in total. The zero-order valence-electron chi connectivity index (χ0n) is 13.8. The van der Waals surface area contributed by atoms with Gasteiger partial charge >= 0.3 is 5.97 Å². The summed E-state index contributed by atoms with van der Waals surface area (Å²) in [7, 11) is 0. The number of esters is 1. The molecule has 3 rings (SSSR count). The molecule has 0 saturated heterocycles. The molecule has 128 valence electrons. The average molecular weight is 358 g/mol. The van der Waals surface area contributed by atoms with Crippen molar-refractivity contribution in [2.75, 3.05) is 0 Å². The molecule has 3 aromatic rings. The monoisotopic (exact) mass is 357 g/mol. The molecule has 25 heavy (non-hydrogen) atoms. The van der Waals surface area contributed by atoms with E-state index < -0.39 is 5.97 Å². The summed E-state index contributed by atoms with van der Waals surface area (Å²) in [6.07, 6.45) is 2.92. The first-order chi connectivity index (χ1) is 12.0. The molecule has 0 bridgehead atoms. The third kappa shape index (κ3) is 3.97. The molecule has 2 heterocycles. The van der Waals surface area contributed by atoms with Crippen LogP contribution in [0.15, 0.2) is 47.0 Å². The maximum absolute atomic E-state index is 11.9. The van der Waals surface area contributed by atoms with Crippen LogP contribution in [0.3, 0.4) is 0 Å². The minimum atomic E-state index is -0.497. The summed E-state index contributed by atoms with van der Waals surface area (Å²) in [5.74, 6) is 0.168. The Morgan fingerprint density at radius 2 is 2.08 bits per heavy atom. The highest BCUT2D eigenvalue weighted by Crippen LogP contribution is 2.24. The van der Waals surface area contributed by atoms with E-state index in [1.807, 2.05) is 37.3 Å². The molecule has 2 aromatic heterocycles. The fourth-order valence-corrected chi connectivity index (χ4v) is 2.61. The molecule has 0 atom stereocenters. The summed E-state index contributed by atoms with van der Waals surface area (Å²) >= 11 is 6.40. The third-order valence-corrected chi connectivity index (χ3v) is 3.84. The van der Waals surface area contributed by atoms with Crippen LogP contribution in [-0.2, 0) is 16.1 Å². The van der Waals surface area contributed by atoms with E-state index in [0.717, 1.165) is 5.69 Å². The highest BCUT2D eigenvalue weighted by atomic mass is 35.5. The van der Waals surface area contributed by atoms with E-state index in [9.17, 15) is 4.79 Å². The van der Waals surface area contributed by atoms with Gasteiger partial charge < -0.3 is 9.26 Å². The highest BCUT2D eigenvalue weighted by Gasteiger charge is 2.13. The normalized spacial score (nSPS) is 11.2. The zero-order chi connectivity index (χ0) is 17.8. The first kappa shape index (κ1) is 17.0. The van der Waals surface area contributed by atoms with Gasteiger partial charge in [0.25, 0.3) is 0 Å². The van der Waals surface area contributed by atoms with Gasteiger partial charge in [0.1, 0.15) is 23.2 Å². The van der Waals surface area contributed by atoms with Crippen LogP contribution in [0, 0.1) is 13.8 Å². The fraction of sp³-hybridized carbons (Fsp3) is 0.167. The van der Waals surface area contributed by atoms with Gasteiger partial charge in [0, 0.05) is 17.7 Å². The molecule has 0 fully saturated rings. The second-order valence-electron chi connectivity index (χ2n) is 5.41. The van der Waals surface area contributed by atoms with Gasteiger partial charge in [0.05, 0.1) is 11.4 Å². The number of rotatable bonds is 5. The highest BCUT2D eigenvalue weighted by molar-refractivity contribution is 6.31. The largest absolute Gasteiger partial charge is 0.456 e. The Morgan fingerprint density at radius 1 is 1.32 bits per heavy atom. The minimum absolute atomic E-state index is 0.0521. The number of carbonyl (C=O) groups excluding carboxylic acids is 1. The SMILES string of the molecule is Cc1cc(COC(=O)/C=C/c2c(C)nn(-c3ccccc3)c2Cl)no1. The van der Waals surface area contributed by atoms with E-state index >= 15 is 0 Å². The van der Waals surface area contributed by atoms with Crippen molar-refractivity contribution in [3.8, 4) is 5.69 Å². The van der Waals surface area contributed by atoms with Crippen molar-refractivity contribution in [2.24, 2.45) is 0 Å². The lowest BCUT2D eigenvalue weighted by molar-refractivity contribution is -0.139. The van der Waals surface area contributed by atoms with Crippen molar-refractivity contribution in [1.29, 1.82) is 0 Å². The van der Waals surface area contributed by atoms with Gasteiger partial charge in [-0.25, -0.2) is 9.48 Å². The van der Waals surface area contributed by atoms with E-state index in [1.54, 1.807) is 23.7 Å². The maximum atomic E-state index is 11.9. The van der Waals surface area contributed by atoms with Crippen LogP contribution in [0.5, 0.6) is 0 Å². The van der Waals surface area contributed by atoms with E-state index in [4.69, 9.17) is 20.9 Å². The molecule has 1 aromatic carbocycles. The van der Waals surface area contributed by atoms with Crippen LogP contribution in [0.2, 0.25) is 5.15 Å². The first-order valence-electron chi connectivity index (χ1n) is 7.62. The third-order valence-electron chi connectivity index (χ3n) is 3.47. The molecule has 0 aliphatic carbocycles. The summed E-state index contributed by atoms with van der Waals surface area (Å²) in [5, 5.41) is 8.60. The number of nitrogens with zero attached hydrogens (tertiary/aromatic N) is 3. The number of carbonyl (C=O) groups is 1. The van der Waals surface area contributed by atoms with E-state index in [2.05, 4.69) is 10.3 Å². The van der Waals surface area contributed by atoms with Crippen LogP contribution < -0.4 is 0 Å². The van der Waals surface area contributed by atoms with Gasteiger partial charge in [-0.15, -0.1) is 0 Å². The van der Waals surface area contributed by atoms with E-state index in [0.29, 0.717) is 27.9 Å². The van der Waals surface area contributed by atoms with Crippen molar-refractivity contribution >= 4 is 23.6 Å². The lowest BCUT2D eigenvalue weighted by Gasteiger charge is -2.02. The van der Waals surface area contributed by atoms with Gasteiger partial charge in [-0.3, -0.25) is 0 Å². The summed E-state index contributed by atoms with van der Waals surface area (Å²) in [4.78, 5) is 11.9. The first-order valence-corrected chi connectivity index (χ1v) is 8.00. The second-order valence-corrected chi connectivity index (χ2v) is 5.77. The number of halogens is 1. The smallest absolute Gasteiger partial charge is 0.331 e. The molecule has 0 aliphatic heterocycles. The predicted molar refractivity (Wildman–Crippen MR) is 93.4 cm³/mol. The van der Waals surface area contributed by atoms with Crippen molar-refractivity contribution in [2.45, 2.75) is 20.5 Å². The quantitative estimate of drug-likeness (QED) is 0.512. The number of aromatic nitrogens is 3. The number of aryl methyl sites for hydroxylation is 2. The van der Waals surface area contributed by atoms with Gasteiger partial charge in [-0.2, -0.15) is 5.10 Å². The second kappa shape index (κ2) is 7.36. The van der Waals surface area contributed by atoms with Gasteiger partial charge in [-0.05, 0) is 32.1 Å². The predicted octanol–water partition coefficient (Wildman–Crippen LogP) is 3.89. The van der Waals surface area contributed by atoms with Gasteiger partial charge in [0.2, 0.25) is 0 Å². The van der Waals surface area contributed by atoms with Crippen molar-refractivity contribution in [3.05, 3.63) is 70.3 Å². The van der Waals surface area contributed by atoms with Crippen LogP contribution in [0.25, 0.3) is 11.8 Å². The van der Waals surface area contributed by atoms with Crippen LogP contribution in [-0.4, -0.2) is 20.9 Å². The zero-order valence-corrected chi connectivity index (χ0v) is 14.5. The lowest BCUT2D eigenvalue weighted by atomic mass is 10.2. The molecule has 0 aliphatic rings. The number of hydrogen-bond donors (Lipinski definition) is 0. The van der Waals surface area contributed by atoms with Crippen LogP contribution >= 0.6 is 11.6 Å². The molecule has 0 spiro atoms. The van der Waals surface area contributed by atoms with Crippen molar-refractivity contribution in [3.63, 3.8) is 0 Å². The van der Waals surface area contributed by atoms with E-state index in [1.165, 1.54) is 6.08 Å². The van der Waals surface area contributed by atoms with Gasteiger partial charge in [0.15, 0.2) is 0 Å². The summed E-state index contributed by atoms with van der Waals surface area (Å²) in [5.41, 5.74) is 2.79.